The molecule has 2 aliphatic carbocycles. The second-order valence-corrected chi connectivity index (χ2v) is 5.91. The molecule has 0 bridgehead atoms. The predicted octanol–water partition coefficient (Wildman–Crippen LogP) is 6.13. The Morgan fingerprint density at radius 3 is 1.28 bits per heavy atom. The van der Waals surface area contributed by atoms with Gasteiger partial charge in [-0.15, -0.1) is 36.5 Å². The van der Waals surface area contributed by atoms with Gasteiger partial charge in [-0.2, -0.15) is 24.3 Å². The van der Waals surface area contributed by atoms with Crippen LogP contribution in [-0.2, 0) is 26.2 Å². The van der Waals surface area contributed by atoms with Crippen molar-refractivity contribution in [2.45, 2.75) is 0 Å². The van der Waals surface area contributed by atoms with Crippen LogP contribution in [0, 0.1) is 12.2 Å². The molecular formula is C26H20N2Zr. The van der Waals surface area contributed by atoms with E-state index < -0.39 is 0 Å². The molecule has 29 heavy (non-hydrogen) atoms. The van der Waals surface area contributed by atoms with Crippen molar-refractivity contribution in [1.29, 1.82) is 0 Å². The molecule has 0 atom stereocenters. The summed E-state index contributed by atoms with van der Waals surface area (Å²) in [4.78, 5) is 0. The van der Waals surface area contributed by atoms with Gasteiger partial charge in [0.1, 0.15) is 0 Å². The summed E-state index contributed by atoms with van der Waals surface area (Å²) in [5.74, 6) is 0. The Morgan fingerprint density at radius 1 is 0.586 bits per heavy atom. The van der Waals surface area contributed by atoms with E-state index in [1.807, 2.05) is 85.0 Å². The molecule has 2 aromatic rings. The summed E-state index contributed by atoms with van der Waals surface area (Å²) in [6.07, 6.45) is 14.0. The molecule has 0 heterocycles. The van der Waals surface area contributed by atoms with Crippen LogP contribution in [0.3, 0.4) is 0 Å². The number of rotatable bonds is 4. The van der Waals surface area contributed by atoms with Crippen molar-refractivity contribution in [3.8, 4) is 0 Å². The van der Waals surface area contributed by atoms with Crippen LogP contribution >= 0.6 is 0 Å². The molecule has 0 spiro atoms. The van der Waals surface area contributed by atoms with E-state index >= 15 is 0 Å². The fourth-order valence-electron chi connectivity index (χ4n) is 2.50. The van der Waals surface area contributed by atoms with Crippen molar-refractivity contribution in [3.63, 3.8) is 0 Å². The molecule has 0 aromatic heterocycles. The standard InChI is InChI=1S/2C13H10N.Zr/c2*1-2-11-8-9-13(10-11)14-12-6-4-3-5-7-12;/h2*3-9,14H,1H2;/q2*-1;+2. The Hall–Kier alpha value is -3.08. The van der Waals surface area contributed by atoms with Gasteiger partial charge in [0, 0.05) is 11.4 Å². The maximum Gasteiger partial charge on any atom is 2.00 e. The topological polar surface area (TPSA) is 24.1 Å². The third-order valence-corrected chi connectivity index (χ3v) is 3.86. The van der Waals surface area contributed by atoms with E-state index in [9.17, 15) is 0 Å². The SMILES string of the molecule is C=C=C1[C-]=C(Nc2ccccc2)C=C1.C=C=C1[C-]=C(Nc2ccccc2)C=C1.[Zr+2]. The largest absolute Gasteiger partial charge is 2.00 e. The first-order valence-corrected chi connectivity index (χ1v) is 8.85. The third-order valence-electron chi connectivity index (χ3n) is 3.86. The summed E-state index contributed by atoms with van der Waals surface area (Å²) in [6, 6.07) is 20.0. The first kappa shape index (κ1) is 22.2. The van der Waals surface area contributed by atoms with Crippen LogP contribution in [0.5, 0.6) is 0 Å². The van der Waals surface area contributed by atoms with Gasteiger partial charge >= 0.3 is 26.2 Å². The number of hydrogen-bond donors (Lipinski definition) is 2. The summed E-state index contributed by atoms with van der Waals surface area (Å²) in [7, 11) is 0. The Balaban J connectivity index is 0.000000200. The average molecular weight is 452 g/mol. The monoisotopic (exact) mass is 450 g/mol. The van der Waals surface area contributed by atoms with E-state index in [1.165, 1.54) is 0 Å². The van der Waals surface area contributed by atoms with Gasteiger partial charge in [-0.05, 0) is 24.3 Å². The number of nitrogens with one attached hydrogen (secondary N) is 2. The number of benzene rings is 2. The molecule has 0 amide bonds. The molecule has 0 unspecified atom stereocenters. The maximum absolute atomic E-state index is 3.57. The average Bonchev–Trinajstić information content (AvgIpc) is 3.39. The fourth-order valence-corrected chi connectivity index (χ4v) is 2.50. The van der Waals surface area contributed by atoms with Crippen molar-refractivity contribution in [2.24, 2.45) is 0 Å². The van der Waals surface area contributed by atoms with Gasteiger partial charge in [0.2, 0.25) is 0 Å². The van der Waals surface area contributed by atoms with Crippen molar-refractivity contribution < 1.29 is 26.2 Å². The zero-order valence-electron chi connectivity index (χ0n) is 16.0. The predicted molar refractivity (Wildman–Crippen MR) is 117 cm³/mol. The second kappa shape index (κ2) is 11.7. The zero-order valence-corrected chi connectivity index (χ0v) is 18.5. The maximum atomic E-state index is 3.57. The Kier molecular flexibility index (Phi) is 8.96. The Labute approximate surface area is 191 Å². The summed E-state index contributed by atoms with van der Waals surface area (Å²) in [6.45, 7) is 7.13. The fraction of sp³-hybridized carbons (Fsp3) is 0. The molecule has 2 aliphatic rings. The van der Waals surface area contributed by atoms with Gasteiger partial charge in [-0.25, -0.2) is 11.5 Å². The van der Waals surface area contributed by atoms with E-state index in [2.05, 4.69) is 47.4 Å². The first-order chi connectivity index (χ1) is 13.8. The minimum Gasteiger partial charge on any atom is -0.373 e. The van der Waals surface area contributed by atoms with E-state index in [-0.39, 0.29) is 26.2 Å². The van der Waals surface area contributed by atoms with E-state index in [4.69, 9.17) is 0 Å². The molecule has 0 saturated heterocycles. The van der Waals surface area contributed by atoms with Crippen molar-refractivity contribution in [3.05, 3.63) is 144 Å². The van der Waals surface area contributed by atoms with Gasteiger partial charge in [0.25, 0.3) is 0 Å². The molecule has 2 nitrogen and oxygen atoms in total. The summed E-state index contributed by atoms with van der Waals surface area (Å²) >= 11 is 0. The molecular weight excluding hydrogens is 432 g/mol. The molecule has 4 rings (SSSR count). The molecule has 2 aromatic carbocycles. The van der Waals surface area contributed by atoms with Gasteiger partial charge in [0.05, 0.1) is 0 Å². The molecule has 0 radical (unpaired) electrons. The third kappa shape index (κ3) is 7.11. The van der Waals surface area contributed by atoms with Crippen molar-refractivity contribution >= 4 is 11.4 Å². The quantitative estimate of drug-likeness (QED) is 0.431. The van der Waals surface area contributed by atoms with E-state index in [0.29, 0.717) is 0 Å². The number of para-hydroxylation sites is 2. The molecule has 0 saturated carbocycles. The number of allylic oxidation sites excluding steroid dienone is 8. The van der Waals surface area contributed by atoms with Crippen LogP contribution in [0.15, 0.2) is 132 Å². The summed E-state index contributed by atoms with van der Waals surface area (Å²) < 4.78 is 0. The Bertz CT molecular complexity index is 957. The summed E-state index contributed by atoms with van der Waals surface area (Å²) in [5, 5.41) is 6.47. The smallest absolute Gasteiger partial charge is 0.373 e. The molecule has 3 heteroatoms. The van der Waals surface area contributed by atoms with Crippen LogP contribution in [0.1, 0.15) is 0 Å². The summed E-state index contributed by atoms with van der Waals surface area (Å²) in [5.41, 5.74) is 11.4. The van der Waals surface area contributed by atoms with Crippen molar-refractivity contribution in [2.75, 3.05) is 10.6 Å². The van der Waals surface area contributed by atoms with E-state index in [0.717, 1.165) is 33.9 Å². The van der Waals surface area contributed by atoms with Crippen LogP contribution in [0.4, 0.5) is 11.4 Å². The van der Waals surface area contributed by atoms with Gasteiger partial charge in [0.15, 0.2) is 0 Å². The first-order valence-electron chi connectivity index (χ1n) is 8.85. The molecule has 2 N–H and O–H groups in total. The van der Waals surface area contributed by atoms with Gasteiger partial charge in [-0.1, -0.05) is 47.8 Å². The normalized spacial score (nSPS) is 13.2. The van der Waals surface area contributed by atoms with Crippen molar-refractivity contribution in [1.82, 2.24) is 0 Å². The number of anilines is 2. The number of hydrogen-bond acceptors (Lipinski definition) is 2. The van der Waals surface area contributed by atoms with Crippen LogP contribution in [0.2, 0.25) is 0 Å². The molecule has 0 aliphatic heterocycles. The van der Waals surface area contributed by atoms with Gasteiger partial charge in [-0.3, -0.25) is 0 Å². The minimum atomic E-state index is 0. The van der Waals surface area contributed by atoms with E-state index in [1.54, 1.807) is 0 Å². The molecule has 0 fully saturated rings. The van der Waals surface area contributed by atoms with Crippen LogP contribution < -0.4 is 10.6 Å². The zero-order chi connectivity index (χ0) is 19.6. The van der Waals surface area contributed by atoms with Crippen LogP contribution in [-0.4, -0.2) is 0 Å². The Morgan fingerprint density at radius 2 is 0.966 bits per heavy atom. The van der Waals surface area contributed by atoms with Gasteiger partial charge < -0.3 is 10.6 Å². The minimum absolute atomic E-state index is 0. The second-order valence-electron chi connectivity index (χ2n) is 5.91. The van der Waals surface area contributed by atoms with Crippen LogP contribution in [0.25, 0.3) is 0 Å². The molecule has 138 valence electrons.